The Morgan fingerprint density at radius 3 is 2.03 bits per heavy atom. The van der Waals surface area contributed by atoms with Crippen LogP contribution >= 0.6 is 0 Å². The fraction of sp³-hybridized carbons (Fsp3) is 0.472. The Labute approximate surface area is 432 Å². The van der Waals surface area contributed by atoms with Crippen LogP contribution < -0.4 is 20.5 Å². The first-order valence-electron chi connectivity index (χ1n) is 25.7. The van der Waals surface area contributed by atoms with Gasteiger partial charge in [-0.05, 0) is 111 Å². The van der Waals surface area contributed by atoms with Crippen molar-refractivity contribution in [1.29, 1.82) is 0 Å². The van der Waals surface area contributed by atoms with Gasteiger partial charge in [0.1, 0.15) is 13.1 Å². The summed E-state index contributed by atoms with van der Waals surface area (Å²) in [5.41, 5.74) is 7.71. The summed E-state index contributed by atoms with van der Waals surface area (Å²) in [5.74, 6) is -1.38. The SMILES string of the molecule is CN(CCCCNC(=O)Cn1c(-c2ccoc2)c(C2CCCCC2)c2ccc(C(=O)O)cc21)S(N)(=O)=O.CN1CCCCCNC(=O)Cn2c(-c3ccoc3)c(C3CCCCC3)c3ccc(cc32)C(=O)NS1(=O)=O. The maximum Gasteiger partial charge on any atom is 0.335 e. The van der Waals surface area contributed by atoms with Crippen molar-refractivity contribution in [3.63, 3.8) is 0 Å². The molecule has 0 spiro atoms. The number of furan rings is 2. The van der Waals surface area contributed by atoms with Crippen LogP contribution in [0.15, 0.2) is 82.4 Å². The van der Waals surface area contributed by atoms with Crippen LogP contribution in [-0.2, 0) is 43.1 Å². The zero-order valence-corrected chi connectivity index (χ0v) is 43.8. The number of fused-ring (bicyclic) bond motifs is 2. The molecule has 21 heteroatoms. The molecule has 6 N–H and O–H groups in total. The minimum atomic E-state index is -3.97. The molecule has 1 aliphatic heterocycles. The van der Waals surface area contributed by atoms with E-state index < -0.39 is 32.3 Å². The van der Waals surface area contributed by atoms with Crippen molar-refractivity contribution in [2.24, 2.45) is 5.14 Å². The molecular formula is C53H68N8O11S2. The summed E-state index contributed by atoms with van der Waals surface area (Å²) in [4.78, 5) is 51.0. The molecule has 5 heterocycles. The molecular weight excluding hydrogens is 989 g/mol. The van der Waals surface area contributed by atoms with Gasteiger partial charge in [0, 0.05) is 67.7 Å². The summed E-state index contributed by atoms with van der Waals surface area (Å²) in [5, 5.41) is 22.6. The summed E-state index contributed by atoms with van der Waals surface area (Å²) in [6.07, 6.45) is 21.0. The number of amides is 3. The zero-order chi connectivity index (χ0) is 52.6. The maximum atomic E-state index is 13.1. The topological polar surface area (TPSA) is 262 Å². The van der Waals surface area contributed by atoms with E-state index in [1.165, 1.54) is 32.5 Å². The van der Waals surface area contributed by atoms with Gasteiger partial charge in [-0.3, -0.25) is 14.4 Å². The lowest BCUT2D eigenvalue weighted by Crippen LogP contribution is -2.42. The highest BCUT2D eigenvalue weighted by Gasteiger charge is 2.31. The van der Waals surface area contributed by atoms with Crippen LogP contribution in [0.2, 0.25) is 0 Å². The number of aromatic carboxylic acids is 1. The van der Waals surface area contributed by atoms with Crippen molar-refractivity contribution < 1.29 is 50.0 Å². The first kappa shape index (κ1) is 54.0. The molecule has 0 saturated heterocycles. The molecule has 398 valence electrons. The van der Waals surface area contributed by atoms with E-state index in [0.717, 1.165) is 117 Å². The Bertz CT molecular complexity index is 3170. The Hall–Kier alpha value is -6.26. The molecule has 0 radical (unpaired) electrons. The van der Waals surface area contributed by atoms with E-state index in [2.05, 4.69) is 15.4 Å². The molecule has 2 saturated carbocycles. The Morgan fingerprint density at radius 1 is 0.797 bits per heavy atom. The Balaban J connectivity index is 0.000000197. The first-order valence-corrected chi connectivity index (χ1v) is 28.6. The van der Waals surface area contributed by atoms with Crippen LogP contribution in [-0.4, -0.2) is 104 Å². The van der Waals surface area contributed by atoms with Crippen molar-refractivity contribution in [2.45, 2.75) is 121 Å². The van der Waals surface area contributed by atoms with Crippen molar-refractivity contribution in [3.05, 3.63) is 95.8 Å². The molecule has 0 unspecified atom stereocenters. The van der Waals surface area contributed by atoms with Gasteiger partial charge in [0.05, 0.1) is 53.0 Å². The lowest BCUT2D eigenvalue weighted by Gasteiger charge is -2.23. The van der Waals surface area contributed by atoms with Gasteiger partial charge in [0.25, 0.3) is 16.1 Å². The number of carbonyl (C=O) groups excluding carboxylic acids is 3. The van der Waals surface area contributed by atoms with Crippen LogP contribution in [0.4, 0.5) is 0 Å². The summed E-state index contributed by atoms with van der Waals surface area (Å²) in [7, 11) is -4.81. The normalized spacial score (nSPS) is 17.8. The third kappa shape index (κ3) is 12.6. The number of carbonyl (C=O) groups is 4. The quantitative estimate of drug-likeness (QED) is 0.0696. The second-order valence-corrected chi connectivity index (χ2v) is 23.2. The Kier molecular flexibility index (Phi) is 17.5. The number of hydrogen-bond donors (Lipinski definition) is 5. The first-order chi connectivity index (χ1) is 35.5. The second kappa shape index (κ2) is 24.0. The summed E-state index contributed by atoms with van der Waals surface area (Å²) in [6.45, 7) is 1.57. The molecule has 2 aromatic carbocycles. The average molecular weight is 1060 g/mol. The van der Waals surface area contributed by atoms with E-state index in [-0.39, 0.29) is 49.1 Å². The minimum absolute atomic E-state index is 0.0177. The van der Waals surface area contributed by atoms with Gasteiger partial charge in [-0.1, -0.05) is 57.1 Å². The molecule has 19 nitrogen and oxygen atoms in total. The number of nitrogens with zero attached hydrogens (tertiary/aromatic N) is 4. The molecule has 3 aliphatic rings. The van der Waals surface area contributed by atoms with Crippen molar-refractivity contribution in [1.82, 2.24) is 33.1 Å². The second-order valence-electron chi connectivity index (χ2n) is 19.8. The predicted molar refractivity (Wildman–Crippen MR) is 282 cm³/mol. The van der Waals surface area contributed by atoms with Crippen molar-refractivity contribution >= 4 is 65.9 Å². The van der Waals surface area contributed by atoms with Gasteiger partial charge in [-0.2, -0.15) is 25.4 Å². The number of nitrogens with one attached hydrogen (secondary N) is 3. The molecule has 9 rings (SSSR count). The standard InChI is InChI=1S/C27H34N4O5S.C26H34N4O6S/c1-30-14-7-3-6-13-28-24(32)17-31-23-16-20(27(33)29-37(30,34)35)10-11-22(23)25(19-8-4-2-5-9-19)26(31)21-12-15-36-18-21;1-29(37(27,34)35)13-6-5-12-28-23(31)16-30-22-15-19(26(32)33)9-10-21(22)24(18-7-3-2-4-8-18)25(30)20-11-14-36-17-20/h10-12,15-16,18-19H,2-9,13-14,17H2,1H3,(H,28,32)(H,29,33);9-11,14-15,17-18H,2-8,12-13,16H2,1H3,(H,28,31)(H,32,33)(H2,27,34,35). The molecule has 2 fully saturated rings. The van der Waals surface area contributed by atoms with Crippen molar-refractivity contribution in [3.8, 4) is 22.5 Å². The van der Waals surface area contributed by atoms with E-state index >= 15 is 0 Å². The van der Waals surface area contributed by atoms with E-state index in [1.54, 1.807) is 49.3 Å². The van der Waals surface area contributed by atoms with Crippen LogP contribution in [0.5, 0.6) is 0 Å². The third-order valence-electron chi connectivity index (χ3n) is 14.7. The number of unbranched alkanes of at least 4 members (excludes halogenated alkanes) is 1. The van der Waals surface area contributed by atoms with E-state index in [4.69, 9.17) is 14.0 Å². The van der Waals surface area contributed by atoms with Gasteiger partial charge in [0.2, 0.25) is 11.8 Å². The molecule has 4 aromatic heterocycles. The molecule has 3 amide bonds. The van der Waals surface area contributed by atoms with Gasteiger partial charge in [-0.25, -0.2) is 14.7 Å². The predicted octanol–water partition coefficient (Wildman–Crippen LogP) is 7.83. The monoisotopic (exact) mass is 1060 g/mol. The number of hydrogen-bond acceptors (Lipinski definition) is 10. The lowest BCUT2D eigenvalue weighted by molar-refractivity contribution is -0.122. The summed E-state index contributed by atoms with van der Waals surface area (Å²) in [6, 6.07) is 14.2. The lowest BCUT2D eigenvalue weighted by atomic mass is 9.82. The van der Waals surface area contributed by atoms with Gasteiger partial charge in [-0.15, -0.1) is 0 Å². The zero-order valence-electron chi connectivity index (χ0n) is 42.1. The fourth-order valence-corrected chi connectivity index (χ4v) is 12.1. The van der Waals surface area contributed by atoms with E-state index in [9.17, 15) is 41.1 Å². The summed E-state index contributed by atoms with van der Waals surface area (Å²) >= 11 is 0. The number of rotatable bonds is 13. The minimum Gasteiger partial charge on any atom is -0.478 e. The summed E-state index contributed by atoms with van der Waals surface area (Å²) < 4.78 is 67.3. The molecule has 6 aromatic rings. The van der Waals surface area contributed by atoms with Crippen LogP contribution in [0.3, 0.4) is 0 Å². The molecule has 2 aliphatic carbocycles. The highest BCUT2D eigenvalue weighted by atomic mass is 32.2. The van der Waals surface area contributed by atoms with E-state index in [1.807, 2.05) is 33.4 Å². The Morgan fingerprint density at radius 2 is 1.41 bits per heavy atom. The highest BCUT2D eigenvalue weighted by Crippen LogP contribution is 2.46. The highest BCUT2D eigenvalue weighted by molar-refractivity contribution is 7.87. The average Bonchev–Trinajstić information content (AvgIpc) is 4.22. The van der Waals surface area contributed by atoms with Gasteiger partial charge >= 0.3 is 16.2 Å². The van der Waals surface area contributed by atoms with Crippen LogP contribution in [0, 0.1) is 0 Å². The fourth-order valence-electron chi connectivity index (χ4n) is 10.8. The number of carboxylic acid groups (broad SMARTS) is 1. The maximum absolute atomic E-state index is 13.1. The van der Waals surface area contributed by atoms with Crippen LogP contribution in [0.1, 0.15) is 140 Å². The molecule has 0 atom stereocenters. The smallest absolute Gasteiger partial charge is 0.335 e. The molecule has 2 bridgehead atoms. The molecule has 74 heavy (non-hydrogen) atoms. The number of benzene rings is 2. The van der Waals surface area contributed by atoms with Crippen molar-refractivity contribution in [2.75, 3.05) is 40.3 Å². The number of aromatic nitrogens is 2. The van der Waals surface area contributed by atoms with Crippen LogP contribution in [0.25, 0.3) is 44.3 Å². The van der Waals surface area contributed by atoms with Gasteiger partial charge < -0.3 is 33.7 Å². The number of carboxylic acids is 1. The van der Waals surface area contributed by atoms with Gasteiger partial charge in [0.15, 0.2) is 0 Å². The largest absolute Gasteiger partial charge is 0.478 e. The van der Waals surface area contributed by atoms with E-state index in [0.29, 0.717) is 49.7 Å². The number of nitrogens with two attached hydrogens (primary N) is 1. The third-order valence-corrected chi connectivity index (χ3v) is 17.2.